The van der Waals surface area contributed by atoms with Crippen molar-refractivity contribution in [1.29, 1.82) is 0 Å². The lowest BCUT2D eigenvalue weighted by Gasteiger charge is -2.35. The fraction of sp³-hybridized carbons (Fsp3) is 0.588. The molecule has 0 N–H and O–H groups in total. The second-order valence-electron chi connectivity index (χ2n) is 6.11. The van der Waals surface area contributed by atoms with Gasteiger partial charge in [-0.3, -0.25) is 4.90 Å². The fourth-order valence-electron chi connectivity index (χ4n) is 2.61. The molecule has 1 aromatic carbocycles. The van der Waals surface area contributed by atoms with Gasteiger partial charge in [-0.15, -0.1) is 0 Å². The van der Waals surface area contributed by atoms with E-state index in [9.17, 15) is 4.79 Å². The minimum absolute atomic E-state index is 0.0146. The third-order valence-electron chi connectivity index (χ3n) is 4.15. The Kier molecular flexibility index (Phi) is 5.76. The smallest absolute Gasteiger partial charge is 0.338 e. The van der Waals surface area contributed by atoms with E-state index < -0.39 is 0 Å². The van der Waals surface area contributed by atoms with Crippen LogP contribution in [0.25, 0.3) is 0 Å². The van der Waals surface area contributed by atoms with Crippen molar-refractivity contribution in [3.05, 3.63) is 35.9 Å². The molecule has 0 bridgehead atoms. The van der Waals surface area contributed by atoms with Crippen LogP contribution < -0.4 is 0 Å². The monoisotopic (exact) mass is 290 g/mol. The number of hydrogen-bond acceptors (Lipinski definition) is 4. The Morgan fingerprint density at radius 3 is 2.76 bits per heavy atom. The van der Waals surface area contributed by atoms with Crippen molar-refractivity contribution in [3.8, 4) is 0 Å². The van der Waals surface area contributed by atoms with E-state index in [-0.39, 0.29) is 12.1 Å². The largest absolute Gasteiger partial charge is 0.457 e. The van der Waals surface area contributed by atoms with Gasteiger partial charge in [0.2, 0.25) is 0 Å². The summed E-state index contributed by atoms with van der Waals surface area (Å²) in [6.45, 7) is 5.18. The van der Waals surface area contributed by atoms with Gasteiger partial charge < -0.3 is 9.64 Å². The maximum atomic E-state index is 12.1. The molecule has 2 rings (SSSR count). The summed E-state index contributed by atoms with van der Waals surface area (Å²) in [5.74, 6) is -0.205. The van der Waals surface area contributed by atoms with Gasteiger partial charge in [0, 0.05) is 19.1 Å². The molecule has 1 aliphatic heterocycles. The van der Waals surface area contributed by atoms with Crippen LogP contribution in [-0.4, -0.2) is 61.6 Å². The first kappa shape index (κ1) is 16.0. The van der Waals surface area contributed by atoms with E-state index in [0.29, 0.717) is 11.6 Å². The number of esters is 1. The van der Waals surface area contributed by atoms with Crippen LogP contribution in [0.3, 0.4) is 0 Å². The molecule has 0 radical (unpaired) electrons. The summed E-state index contributed by atoms with van der Waals surface area (Å²) >= 11 is 0. The fourth-order valence-corrected chi connectivity index (χ4v) is 2.61. The van der Waals surface area contributed by atoms with Crippen molar-refractivity contribution in [2.75, 3.05) is 33.7 Å². The summed E-state index contributed by atoms with van der Waals surface area (Å²) in [5, 5.41) is 0. The van der Waals surface area contributed by atoms with Gasteiger partial charge in [0.25, 0.3) is 0 Å². The van der Waals surface area contributed by atoms with Crippen LogP contribution >= 0.6 is 0 Å². The van der Waals surface area contributed by atoms with Crippen LogP contribution in [0.4, 0.5) is 0 Å². The van der Waals surface area contributed by atoms with Crippen molar-refractivity contribution >= 4 is 5.97 Å². The Morgan fingerprint density at radius 1 is 1.38 bits per heavy atom. The molecule has 0 aromatic heterocycles. The number of likely N-dealkylation sites (tertiary alicyclic amines) is 1. The lowest BCUT2D eigenvalue weighted by Crippen LogP contribution is -2.46. The molecule has 1 saturated heterocycles. The highest BCUT2D eigenvalue weighted by Crippen LogP contribution is 2.16. The normalized spacial score (nSPS) is 21.2. The zero-order valence-corrected chi connectivity index (χ0v) is 13.3. The number of hydrogen-bond donors (Lipinski definition) is 0. The van der Waals surface area contributed by atoms with Gasteiger partial charge in [-0.1, -0.05) is 18.2 Å². The maximum absolute atomic E-state index is 12.1. The van der Waals surface area contributed by atoms with Gasteiger partial charge >= 0.3 is 5.97 Å². The Balaban J connectivity index is 1.85. The summed E-state index contributed by atoms with van der Waals surface area (Å²) in [6.07, 6.45) is 2.07. The van der Waals surface area contributed by atoms with Crippen LogP contribution in [0.1, 0.15) is 30.1 Å². The van der Waals surface area contributed by atoms with E-state index in [1.807, 2.05) is 18.2 Å². The molecule has 21 heavy (non-hydrogen) atoms. The molecule has 0 spiro atoms. The maximum Gasteiger partial charge on any atom is 0.338 e. The minimum atomic E-state index is -0.205. The summed E-state index contributed by atoms with van der Waals surface area (Å²) in [4.78, 5) is 16.7. The molecule has 1 aliphatic rings. The van der Waals surface area contributed by atoms with Gasteiger partial charge in [-0.25, -0.2) is 4.79 Å². The quantitative estimate of drug-likeness (QED) is 0.779. The summed E-state index contributed by atoms with van der Waals surface area (Å²) in [5.41, 5.74) is 0.635. The predicted molar refractivity (Wildman–Crippen MR) is 84.5 cm³/mol. The lowest BCUT2D eigenvalue weighted by molar-refractivity contribution is 0.00397. The molecule has 0 amide bonds. The van der Waals surface area contributed by atoms with Crippen LogP contribution in [0.5, 0.6) is 0 Å². The predicted octanol–water partition coefficient (Wildman–Crippen LogP) is 2.26. The lowest BCUT2D eigenvalue weighted by atomic mass is 10.1. The minimum Gasteiger partial charge on any atom is -0.457 e. The molecule has 2 atom stereocenters. The van der Waals surface area contributed by atoms with Gasteiger partial charge in [0.15, 0.2) is 0 Å². The van der Waals surface area contributed by atoms with Crippen molar-refractivity contribution in [2.45, 2.75) is 31.9 Å². The number of rotatable bonds is 5. The van der Waals surface area contributed by atoms with E-state index in [4.69, 9.17) is 4.74 Å². The number of benzene rings is 1. The van der Waals surface area contributed by atoms with Crippen LogP contribution in [0.15, 0.2) is 30.3 Å². The Hall–Kier alpha value is -1.39. The molecule has 0 aliphatic carbocycles. The van der Waals surface area contributed by atoms with Gasteiger partial charge in [-0.2, -0.15) is 0 Å². The highest BCUT2D eigenvalue weighted by atomic mass is 16.5. The summed E-state index contributed by atoms with van der Waals surface area (Å²) < 4.78 is 5.66. The molecular weight excluding hydrogens is 264 g/mol. The SMILES string of the molecule is CC(CN1CCCC(OC(=O)c2ccccc2)C1)N(C)C. The van der Waals surface area contributed by atoms with Crippen LogP contribution in [-0.2, 0) is 4.74 Å². The highest BCUT2D eigenvalue weighted by molar-refractivity contribution is 5.89. The van der Waals surface area contributed by atoms with E-state index in [0.717, 1.165) is 32.5 Å². The first-order valence-corrected chi connectivity index (χ1v) is 7.71. The van der Waals surface area contributed by atoms with Gasteiger partial charge in [0.05, 0.1) is 5.56 Å². The second-order valence-corrected chi connectivity index (χ2v) is 6.11. The number of ether oxygens (including phenoxy) is 1. The molecular formula is C17H26N2O2. The van der Waals surface area contributed by atoms with Crippen molar-refractivity contribution in [2.24, 2.45) is 0 Å². The molecule has 1 fully saturated rings. The van der Waals surface area contributed by atoms with Crippen molar-refractivity contribution in [3.63, 3.8) is 0 Å². The third-order valence-corrected chi connectivity index (χ3v) is 4.15. The third kappa shape index (κ3) is 4.83. The standard InChI is InChI=1S/C17H26N2O2/c1-14(18(2)3)12-19-11-7-10-16(13-19)21-17(20)15-8-5-4-6-9-15/h4-6,8-9,14,16H,7,10-13H2,1-3H3. The first-order chi connectivity index (χ1) is 10.1. The van der Waals surface area contributed by atoms with Gasteiger partial charge in [0.1, 0.15) is 6.10 Å². The summed E-state index contributed by atoms with van der Waals surface area (Å²) in [6, 6.07) is 9.74. The highest BCUT2D eigenvalue weighted by Gasteiger charge is 2.24. The summed E-state index contributed by atoms with van der Waals surface area (Å²) in [7, 11) is 4.20. The van der Waals surface area contributed by atoms with Crippen LogP contribution in [0, 0.1) is 0 Å². The molecule has 4 heteroatoms. The van der Waals surface area contributed by atoms with Crippen molar-refractivity contribution < 1.29 is 9.53 Å². The average Bonchev–Trinajstić information content (AvgIpc) is 2.48. The molecule has 0 saturated carbocycles. The average molecular weight is 290 g/mol. The van der Waals surface area contributed by atoms with Gasteiger partial charge in [-0.05, 0) is 52.5 Å². The first-order valence-electron chi connectivity index (χ1n) is 7.71. The number of piperidine rings is 1. The Labute approximate surface area is 127 Å². The number of nitrogens with zero attached hydrogens (tertiary/aromatic N) is 2. The zero-order valence-electron chi connectivity index (χ0n) is 13.3. The van der Waals surface area contributed by atoms with E-state index >= 15 is 0 Å². The molecule has 1 aromatic rings. The number of carbonyl (C=O) groups excluding carboxylic acids is 1. The zero-order chi connectivity index (χ0) is 15.2. The number of carbonyl (C=O) groups is 1. The molecule has 4 nitrogen and oxygen atoms in total. The number of likely N-dealkylation sites (N-methyl/N-ethyl adjacent to an activating group) is 1. The Bertz CT molecular complexity index is 447. The molecule has 2 unspecified atom stereocenters. The topological polar surface area (TPSA) is 32.8 Å². The second kappa shape index (κ2) is 7.57. The van der Waals surface area contributed by atoms with E-state index in [2.05, 4.69) is 30.8 Å². The van der Waals surface area contributed by atoms with Crippen LogP contribution in [0.2, 0.25) is 0 Å². The van der Waals surface area contributed by atoms with Crippen molar-refractivity contribution in [1.82, 2.24) is 9.80 Å². The molecule has 116 valence electrons. The van der Waals surface area contributed by atoms with E-state index in [1.165, 1.54) is 0 Å². The molecule has 1 heterocycles. The van der Waals surface area contributed by atoms with E-state index in [1.54, 1.807) is 12.1 Å². The Morgan fingerprint density at radius 2 is 2.10 bits per heavy atom.